The van der Waals surface area contributed by atoms with Gasteiger partial charge in [0.1, 0.15) is 6.73 Å². The predicted octanol–water partition coefficient (Wildman–Crippen LogP) is 2.76. The summed E-state index contributed by atoms with van der Waals surface area (Å²) in [7, 11) is 1.37. The van der Waals surface area contributed by atoms with Crippen LogP contribution in [0.25, 0.3) is 0 Å². The van der Waals surface area contributed by atoms with Crippen LogP contribution >= 0.6 is 0 Å². The summed E-state index contributed by atoms with van der Waals surface area (Å²) in [6, 6.07) is 4.73. The Labute approximate surface area is 141 Å². The fraction of sp³-hybridized carbons (Fsp3) is 0.588. The van der Waals surface area contributed by atoms with Gasteiger partial charge in [-0.15, -0.1) is 0 Å². The third-order valence-corrected chi connectivity index (χ3v) is 5.56. The van der Waals surface area contributed by atoms with Crippen molar-refractivity contribution in [2.45, 2.75) is 45.5 Å². The number of amides is 1. The summed E-state index contributed by atoms with van der Waals surface area (Å²) in [4.78, 5) is 13.0. The number of carbonyl (C=O) groups is 1. The summed E-state index contributed by atoms with van der Waals surface area (Å²) in [6.07, 6.45) is 0.736. The van der Waals surface area contributed by atoms with E-state index >= 15 is 0 Å². The maximum absolute atomic E-state index is 14.4. The molecular formula is C17H22BF2NO3. The molecule has 0 aromatic heterocycles. The van der Waals surface area contributed by atoms with Gasteiger partial charge in [-0.3, -0.25) is 9.69 Å². The maximum atomic E-state index is 14.4. The molecule has 0 unspecified atom stereocenters. The molecule has 0 aliphatic carbocycles. The van der Waals surface area contributed by atoms with E-state index in [2.05, 4.69) is 13.8 Å². The van der Waals surface area contributed by atoms with E-state index < -0.39 is 11.8 Å². The van der Waals surface area contributed by atoms with Crippen LogP contribution in [0.15, 0.2) is 18.2 Å². The molecule has 2 aliphatic rings. The first-order valence-electron chi connectivity index (χ1n) is 8.02. The van der Waals surface area contributed by atoms with Crippen molar-refractivity contribution in [3.8, 4) is 0 Å². The second-order valence-corrected chi connectivity index (χ2v) is 7.71. The number of benzene rings is 1. The van der Waals surface area contributed by atoms with Gasteiger partial charge in [0.15, 0.2) is 0 Å². The van der Waals surface area contributed by atoms with Crippen molar-refractivity contribution in [1.29, 1.82) is 0 Å². The maximum Gasteiger partial charge on any atom is 0.352 e. The molecule has 24 heavy (non-hydrogen) atoms. The number of anilines is 1. The summed E-state index contributed by atoms with van der Waals surface area (Å²) in [5, 5.41) is 0. The molecule has 130 valence electrons. The van der Waals surface area contributed by atoms with E-state index in [0.717, 1.165) is 11.2 Å². The second kappa shape index (κ2) is 5.26. The molecular weight excluding hydrogens is 315 g/mol. The molecule has 2 heterocycles. The largest absolute Gasteiger partial charge is 0.426 e. The number of alkyl halides is 2. The van der Waals surface area contributed by atoms with Crippen LogP contribution < -0.4 is 10.4 Å². The minimum atomic E-state index is -3.53. The third kappa shape index (κ3) is 2.37. The van der Waals surface area contributed by atoms with Crippen molar-refractivity contribution in [2.24, 2.45) is 5.41 Å². The van der Waals surface area contributed by atoms with Gasteiger partial charge < -0.3 is 9.39 Å². The molecule has 1 aromatic rings. The Morgan fingerprint density at radius 2 is 1.96 bits per heavy atom. The van der Waals surface area contributed by atoms with Crippen LogP contribution in [0.2, 0.25) is 6.32 Å². The highest BCUT2D eigenvalue weighted by Crippen LogP contribution is 2.47. The molecule has 1 aromatic carbocycles. The predicted molar refractivity (Wildman–Crippen MR) is 88.8 cm³/mol. The minimum absolute atomic E-state index is 0.0723. The Morgan fingerprint density at radius 1 is 1.29 bits per heavy atom. The molecule has 0 radical (unpaired) electrons. The lowest BCUT2D eigenvalue weighted by Crippen LogP contribution is -2.36. The quantitative estimate of drug-likeness (QED) is 0.796. The molecule has 0 atom stereocenters. The first-order valence-corrected chi connectivity index (χ1v) is 8.02. The Kier molecular flexibility index (Phi) is 3.81. The van der Waals surface area contributed by atoms with E-state index in [1.165, 1.54) is 13.2 Å². The van der Waals surface area contributed by atoms with Crippen molar-refractivity contribution in [3.63, 3.8) is 0 Å². The van der Waals surface area contributed by atoms with Gasteiger partial charge in [0.05, 0.1) is 16.9 Å². The average Bonchev–Trinajstić information content (AvgIpc) is 2.81. The van der Waals surface area contributed by atoms with Crippen molar-refractivity contribution in [1.82, 2.24) is 0 Å². The number of hydrogen-bond acceptors (Lipinski definition) is 3. The average molecular weight is 337 g/mol. The molecule has 3 rings (SSSR count). The first kappa shape index (κ1) is 17.4. The monoisotopic (exact) mass is 337 g/mol. The summed E-state index contributed by atoms with van der Waals surface area (Å²) < 4.78 is 39.8. The fourth-order valence-corrected chi connectivity index (χ4v) is 3.34. The van der Waals surface area contributed by atoms with E-state index in [1.807, 2.05) is 13.8 Å². The van der Waals surface area contributed by atoms with E-state index in [1.54, 1.807) is 12.1 Å². The number of carbonyl (C=O) groups excluding carboxylic acids is 1. The summed E-state index contributed by atoms with van der Waals surface area (Å²) in [5.74, 6) is -4.78. The number of halogens is 2. The Morgan fingerprint density at radius 3 is 2.50 bits per heavy atom. The van der Waals surface area contributed by atoms with Gasteiger partial charge in [-0.25, -0.2) is 0 Å². The Balaban J connectivity index is 1.99. The lowest BCUT2D eigenvalue weighted by atomic mass is 9.54. The first-order chi connectivity index (χ1) is 11.0. The lowest BCUT2D eigenvalue weighted by molar-refractivity contribution is -0.142. The van der Waals surface area contributed by atoms with E-state index in [-0.39, 0.29) is 35.9 Å². The number of methoxy groups -OCH3 is 1. The van der Waals surface area contributed by atoms with Crippen molar-refractivity contribution in [3.05, 3.63) is 23.8 Å². The van der Waals surface area contributed by atoms with Crippen molar-refractivity contribution >= 4 is 24.0 Å². The van der Waals surface area contributed by atoms with E-state index in [0.29, 0.717) is 5.46 Å². The molecule has 1 amide bonds. The number of nitrogens with zero attached hydrogens (tertiary/aromatic N) is 1. The summed E-state index contributed by atoms with van der Waals surface area (Å²) >= 11 is 0. The van der Waals surface area contributed by atoms with E-state index in [9.17, 15) is 13.6 Å². The zero-order valence-corrected chi connectivity index (χ0v) is 14.7. The number of hydrogen-bond donors (Lipinski definition) is 0. The van der Waals surface area contributed by atoms with Gasteiger partial charge in [0.2, 0.25) is 0 Å². The Hall–Kier alpha value is -1.47. The fourth-order valence-electron chi connectivity index (χ4n) is 3.34. The standard InChI is InChI=1S/C17H22BF2NO3/c1-15(2)9-18(24-16(15,3)4)11-6-7-13-12(8-11)17(19,20)14(22)21(13)10-23-5/h6-8H,9-10H2,1-5H3. The van der Waals surface area contributed by atoms with Gasteiger partial charge in [-0.05, 0) is 37.1 Å². The number of ether oxygens (including phenoxy) is 1. The molecule has 0 bridgehead atoms. The van der Waals surface area contributed by atoms with Crippen LogP contribution in [0.1, 0.15) is 33.3 Å². The molecule has 0 saturated carbocycles. The highest BCUT2D eigenvalue weighted by atomic mass is 19.3. The lowest BCUT2D eigenvalue weighted by Gasteiger charge is -2.34. The summed E-state index contributed by atoms with van der Waals surface area (Å²) in [6.45, 7) is 7.79. The molecule has 2 aliphatic heterocycles. The molecule has 0 N–H and O–H groups in total. The van der Waals surface area contributed by atoms with Crippen molar-refractivity contribution in [2.75, 3.05) is 18.7 Å². The highest BCUT2D eigenvalue weighted by Gasteiger charge is 2.54. The van der Waals surface area contributed by atoms with Crippen LogP contribution in [0.5, 0.6) is 0 Å². The number of rotatable bonds is 3. The molecule has 1 saturated heterocycles. The summed E-state index contributed by atoms with van der Waals surface area (Å²) in [5.41, 5.74) is 0.188. The van der Waals surface area contributed by atoms with Crippen LogP contribution in [0.3, 0.4) is 0 Å². The van der Waals surface area contributed by atoms with Gasteiger partial charge >= 0.3 is 18.7 Å². The van der Waals surface area contributed by atoms with Crippen LogP contribution in [0, 0.1) is 5.41 Å². The SMILES string of the molecule is COCN1C(=O)C(F)(F)c2cc(B3CC(C)(C)C(C)(C)O3)ccc21. The minimum Gasteiger partial charge on any atom is -0.426 e. The van der Waals surface area contributed by atoms with Gasteiger partial charge in [-0.1, -0.05) is 26.0 Å². The normalized spacial score (nSPS) is 23.7. The molecule has 1 fully saturated rings. The second-order valence-electron chi connectivity index (χ2n) is 7.71. The zero-order valence-electron chi connectivity index (χ0n) is 14.7. The zero-order chi connectivity index (χ0) is 17.9. The Bertz CT molecular complexity index is 674. The van der Waals surface area contributed by atoms with Gasteiger partial charge in [0.25, 0.3) is 0 Å². The highest BCUT2D eigenvalue weighted by molar-refractivity contribution is 6.68. The topological polar surface area (TPSA) is 38.8 Å². The van der Waals surface area contributed by atoms with Crippen LogP contribution in [0.4, 0.5) is 14.5 Å². The van der Waals surface area contributed by atoms with Gasteiger partial charge in [0, 0.05) is 7.11 Å². The smallest absolute Gasteiger partial charge is 0.352 e. The van der Waals surface area contributed by atoms with E-state index in [4.69, 9.17) is 9.39 Å². The van der Waals surface area contributed by atoms with Crippen LogP contribution in [-0.2, 0) is 20.1 Å². The van der Waals surface area contributed by atoms with Crippen LogP contribution in [-0.4, -0.2) is 32.3 Å². The molecule has 7 heteroatoms. The molecule has 4 nitrogen and oxygen atoms in total. The van der Waals surface area contributed by atoms with Crippen molar-refractivity contribution < 1.29 is 23.0 Å². The third-order valence-electron chi connectivity index (χ3n) is 5.56. The molecule has 0 spiro atoms. The van der Waals surface area contributed by atoms with Gasteiger partial charge in [-0.2, -0.15) is 8.78 Å². The number of fused-ring (bicyclic) bond motifs is 1.